The number of carbonyl (C=O) groups excluding carboxylic acids is 1. The molecule has 1 aromatic rings. The van der Waals surface area contributed by atoms with E-state index in [1.54, 1.807) is 0 Å². The van der Waals surface area contributed by atoms with Crippen LogP contribution >= 0.6 is 11.6 Å². The zero-order valence-corrected chi connectivity index (χ0v) is 18.9. The smallest absolute Gasteiger partial charge is 0.407 e. The molecule has 6 nitrogen and oxygen atoms in total. The van der Waals surface area contributed by atoms with Crippen LogP contribution in [0.3, 0.4) is 0 Å². The minimum Gasteiger partial charge on any atom is -0.491 e. The maximum atomic E-state index is 10.5. The minimum absolute atomic E-state index is 0.0335. The molecule has 1 aliphatic rings. The van der Waals surface area contributed by atoms with Gasteiger partial charge in [-0.1, -0.05) is 25.4 Å². The summed E-state index contributed by atoms with van der Waals surface area (Å²) in [4.78, 5) is 12.9. The Hall–Kier alpha value is -1.50. The lowest BCUT2D eigenvalue weighted by atomic mass is 10.2. The first-order chi connectivity index (χ1) is 13.2. The van der Waals surface area contributed by atoms with E-state index >= 15 is 0 Å². The van der Waals surface area contributed by atoms with Crippen molar-refractivity contribution < 1.29 is 19.4 Å². The maximum Gasteiger partial charge on any atom is 0.407 e. The summed E-state index contributed by atoms with van der Waals surface area (Å²) in [6.45, 7) is 13.0. The Morgan fingerprint density at radius 3 is 2.32 bits per heavy atom. The lowest BCUT2D eigenvalue weighted by Crippen LogP contribution is -2.30. The number of nitrogens with one attached hydrogen (secondary N) is 1. The van der Waals surface area contributed by atoms with Crippen LogP contribution in [-0.2, 0) is 11.3 Å². The zero-order valence-electron chi connectivity index (χ0n) is 18.2. The summed E-state index contributed by atoms with van der Waals surface area (Å²) < 4.78 is 10.4. The van der Waals surface area contributed by atoms with E-state index in [4.69, 9.17) is 26.2 Å². The lowest BCUT2D eigenvalue weighted by Gasteiger charge is -2.18. The number of alkyl carbamates (subject to hydrolysis) is 1. The molecule has 162 valence electrons. The first-order valence-corrected chi connectivity index (χ1v) is 10.3. The quantitative estimate of drug-likeness (QED) is 0.740. The van der Waals surface area contributed by atoms with E-state index in [2.05, 4.69) is 10.2 Å². The number of halogens is 1. The average Bonchev–Trinajstić information content (AvgIpc) is 3.15. The van der Waals surface area contributed by atoms with Crippen molar-refractivity contribution in [3.8, 4) is 5.75 Å². The second-order valence-corrected chi connectivity index (χ2v) is 7.50. The first-order valence-electron chi connectivity index (χ1n) is 9.90. The average molecular weight is 417 g/mol. The molecule has 1 aliphatic heterocycles. The van der Waals surface area contributed by atoms with Crippen LogP contribution in [0.5, 0.6) is 5.75 Å². The van der Waals surface area contributed by atoms with Gasteiger partial charge < -0.3 is 19.9 Å². The van der Waals surface area contributed by atoms with Gasteiger partial charge in [0.2, 0.25) is 0 Å². The van der Waals surface area contributed by atoms with Crippen molar-refractivity contribution in [1.29, 1.82) is 0 Å². The highest BCUT2D eigenvalue weighted by Gasteiger charge is 2.15. The number of hydrogen-bond acceptors (Lipinski definition) is 5. The molecule has 1 aromatic carbocycles. The predicted molar refractivity (Wildman–Crippen MR) is 115 cm³/mol. The number of hydrogen-bond donors (Lipinski definition) is 2. The van der Waals surface area contributed by atoms with Crippen LogP contribution in [0.4, 0.5) is 4.79 Å². The Kier molecular flexibility index (Phi) is 13.7. The Bertz CT molecular complexity index is 556. The number of aliphatic hydroxyl groups excluding tert-OH is 1. The van der Waals surface area contributed by atoms with Crippen LogP contribution in [0.2, 0.25) is 5.02 Å². The number of carbonyl (C=O) groups is 1. The zero-order chi connectivity index (χ0) is 21.6. The van der Waals surface area contributed by atoms with Gasteiger partial charge in [0.25, 0.3) is 0 Å². The molecule has 0 unspecified atom stereocenters. The molecule has 1 heterocycles. The van der Waals surface area contributed by atoms with E-state index in [0.717, 1.165) is 36.0 Å². The molecule has 7 heteroatoms. The summed E-state index contributed by atoms with van der Waals surface area (Å²) in [5.74, 6) is 0.829. The third-order valence-electron chi connectivity index (χ3n) is 3.57. The highest BCUT2D eigenvalue weighted by atomic mass is 35.5. The number of rotatable bonds is 5. The molecule has 0 radical (unpaired) electrons. The minimum atomic E-state index is -0.389. The molecule has 0 aromatic heterocycles. The Labute approximate surface area is 175 Å². The predicted octanol–water partition coefficient (Wildman–Crippen LogP) is 4.47. The second-order valence-electron chi connectivity index (χ2n) is 7.06. The van der Waals surface area contributed by atoms with Crippen LogP contribution in [-0.4, -0.2) is 55.1 Å². The molecule has 2 rings (SSSR count). The number of amides is 1. The van der Waals surface area contributed by atoms with E-state index in [1.165, 1.54) is 19.9 Å². The third kappa shape index (κ3) is 12.1. The van der Waals surface area contributed by atoms with Crippen molar-refractivity contribution in [2.24, 2.45) is 0 Å². The first kappa shape index (κ1) is 26.5. The molecule has 0 atom stereocenters. The standard InChI is InChI=1S/C13H18ClNO2.C6H13NO2.C2H6/c14-12-3-4-13(17-8-7-16)11(9-12)10-15-5-1-2-6-15;1-6(2,3)9-5(8)7-4;1-2/h3-4,9,16H,1-2,5-8,10H2;1-4H3,(H,7,8);1-2H3. The largest absolute Gasteiger partial charge is 0.491 e. The highest BCUT2D eigenvalue weighted by Crippen LogP contribution is 2.25. The molecule has 0 spiro atoms. The normalized spacial score (nSPS) is 13.6. The summed E-state index contributed by atoms with van der Waals surface area (Å²) in [6.07, 6.45) is 2.16. The van der Waals surface area contributed by atoms with Gasteiger partial charge in [0.1, 0.15) is 18.0 Å². The van der Waals surface area contributed by atoms with Crippen LogP contribution in [0.25, 0.3) is 0 Å². The molecule has 0 bridgehead atoms. The molecule has 2 N–H and O–H groups in total. The Morgan fingerprint density at radius 2 is 1.86 bits per heavy atom. The van der Waals surface area contributed by atoms with E-state index in [-0.39, 0.29) is 18.3 Å². The van der Waals surface area contributed by atoms with Crippen LogP contribution in [0.1, 0.15) is 53.0 Å². The molecule has 28 heavy (non-hydrogen) atoms. The van der Waals surface area contributed by atoms with Gasteiger partial charge in [-0.05, 0) is 64.9 Å². The monoisotopic (exact) mass is 416 g/mol. The fraction of sp³-hybridized carbons (Fsp3) is 0.667. The van der Waals surface area contributed by atoms with Crippen LogP contribution in [0.15, 0.2) is 18.2 Å². The van der Waals surface area contributed by atoms with E-state index < -0.39 is 0 Å². The van der Waals surface area contributed by atoms with Gasteiger partial charge in [0.15, 0.2) is 0 Å². The third-order valence-corrected chi connectivity index (χ3v) is 3.80. The van der Waals surface area contributed by atoms with Gasteiger partial charge in [-0.3, -0.25) is 4.90 Å². The van der Waals surface area contributed by atoms with Gasteiger partial charge in [-0.2, -0.15) is 0 Å². The fourth-order valence-corrected chi connectivity index (χ4v) is 2.67. The molecule has 1 saturated heterocycles. The highest BCUT2D eigenvalue weighted by molar-refractivity contribution is 6.30. The molecule has 0 saturated carbocycles. The molecular weight excluding hydrogens is 380 g/mol. The van der Waals surface area contributed by atoms with Crippen LogP contribution in [0, 0.1) is 0 Å². The van der Waals surface area contributed by atoms with Crippen molar-refractivity contribution in [1.82, 2.24) is 10.2 Å². The van der Waals surface area contributed by atoms with Gasteiger partial charge in [0.05, 0.1) is 6.61 Å². The van der Waals surface area contributed by atoms with E-state index in [1.807, 2.05) is 52.8 Å². The Balaban J connectivity index is 0.000000566. The van der Waals surface area contributed by atoms with Crippen molar-refractivity contribution in [3.63, 3.8) is 0 Å². The molecular formula is C21H37ClN2O4. The number of ether oxygens (including phenoxy) is 2. The van der Waals surface area contributed by atoms with Gasteiger partial charge in [0, 0.05) is 24.2 Å². The fourth-order valence-electron chi connectivity index (χ4n) is 2.48. The maximum absolute atomic E-state index is 10.5. The summed E-state index contributed by atoms with van der Waals surface area (Å²) >= 11 is 6.01. The lowest BCUT2D eigenvalue weighted by molar-refractivity contribution is 0.0541. The second kappa shape index (κ2) is 14.5. The van der Waals surface area contributed by atoms with Crippen LogP contribution < -0.4 is 10.1 Å². The van der Waals surface area contributed by atoms with Gasteiger partial charge in [-0.25, -0.2) is 4.79 Å². The van der Waals surface area contributed by atoms with E-state index in [0.29, 0.717) is 6.61 Å². The van der Waals surface area contributed by atoms with Crippen molar-refractivity contribution in [3.05, 3.63) is 28.8 Å². The summed E-state index contributed by atoms with van der Waals surface area (Å²) in [5.41, 5.74) is 0.716. The topological polar surface area (TPSA) is 71.0 Å². The SMILES string of the molecule is CC.CNC(=O)OC(C)(C)C.OCCOc1ccc(Cl)cc1CN1CCCC1. The molecule has 0 aliphatic carbocycles. The number of nitrogens with zero attached hydrogens (tertiary/aromatic N) is 1. The van der Waals surface area contributed by atoms with Crippen molar-refractivity contribution >= 4 is 17.7 Å². The van der Waals surface area contributed by atoms with Gasteiger partial charge in [-0.15, -0.1) is 0 Å². The Morgan fingerprint density at radius 1 is 1.25 bits per heavy atom. The summed E-state index contributed by atoms with van der Waals surface area (Å²) in [6, 6.07) is 5.65. The molecule has 1 amide bonds. The van der Waals surface area contributed by atoms with Gasteiger partial charge >= 0.3 is 6.09 Å². The number of likely N-dealkylation sites (tertiary alicyclic amines) is 1. The van der Waals surface area contributed by atoms with Crippen molar-refractivity contribution in [2.45, 2.75) is 59.6 Å². The van der Waals surface area contributed by atoms with Crippen molar-refractivity contribution in [2.75, 3.05) is 33.4 Å². The summed E-state index contributed by atoms with van der Waals surface area (Å²) in [5, 5.41) is 11.9. The number of aliphatic hydroxyl groups is 1. The van der Waals surface area contributed by atoms with E-state index in [9.17, 15) is 4.79 Å². The number of benzene rings is 1. The molecule has 1 fully saturated rings. The summed E-state index contributed by atoms with van der Waals surface area (Å²) in [7, 11) is 1.54.